The fourth-order valence-electron chi connectivity index (χ4n) is 6.43. The highest BCUT2D eigenvalue weighted by Crippen LogP contribution is 2.39. The van der Waals surface area contributed by atoms with Gasteiger partial charge in [0.1, 0.15) is 35.8 Å². The number of hydrogen-bond donors (Lipinski definition) is 3. The highest BCUT2D eigenvalue weighted by Gasteiger charge is 2.33. The van der Waals surface area contributed by atoms with Gasteiger partial charge in [0.05, 0.1) is 52.2 Å². The first-order chi connectivity index (χ1) is 32.7. The number of halogens is 7. The summed E-state index contributed by atoms with van der Waals surface area (Å²) in [4.78, 5) is 55.5. The van der Waals surface area contributed by atoms with E-state index in [1.807, 2.05) is 57.2 Å². The summed E-state index contributed by atoms with van der Waals surface area (Å²) in [6, 6.07) is 18.7. The molecule has 16 nitrogen and oxygen atoms in total. The number of carboxylic acid groups (broad SMARTS) is 1. The summed E-state index contributed by atoms with van der Waals surface area (Å²) in [7, 11) is -1.47. The van der Waals surface area contributed by atoms with E-state index < -0.39 is 40.9 Å². The molecule has 0 radical (unpaired) electrons. The van der Waals surface area contributed by atoms with Gasteiger partial charge >= 0.3 is 17.8 Å². The first-order valence-electron chi connectivity index (χ1n) is 21.2. The standard InChI is InChI=1S/C15H11ClF3NO4.C15H22ClNO2.C11H11Cl2NO2.C5H12NO4P/c1-2-23-14-8-10(4-5-12(14)20(21)22)24-13-6-3-9(7-11(13)16)15(17,18)19;1-5-13-8-6-7-11(2)15(13)17(14(18)9-16)12(3)10-19-4;1-7-6-16-9-5-3-2-4-8(9)14(7)11(15)10(12)13;1-11(9,10)3-2-4(6)5(7)8/h3-8H,2H2,1H3;6-8,12H,5,9-10H2,1-4H3;2-5,7,10H,6H2,1H3;4H,2-3,6H2,1H3,(H,7,8)(H,9,10). The number of carbonyl (C=O) groups excluding carboxylic acids is 2. The Kier molecular flexibility index (Phi) is 25.3. The van der Waals surface area contributed by atoms with Crippen molar-refractivity contribution < 1.29 is 66.0 Å². The van der Waals surface area contributed by atoms with Crippen LogP contribution in [0.4, 0.5) is 30.2 Å². The van der Waals surface area contributed by atoms with Crippen molar-refractivity contribution in [3.05, 3.63) is 111 Å². The molecule has 0 aromatic heterocycles. The molecular formula is C46H56Cl4F3N4O12P. The number of carbonyl (C=O) groups is 3. The summed E-state index contributed by atoms with van der Waals surface area (Å²) in [5.74, 6) is -0.760. The molecular weight excluding hydrogens is 1030 g/mol. The maximum atomic E-state index is 12.6. The van der Waals surface area contributed by atoms with Gasteiger partial charge in [-0.15, -0.1) is 11.6 Å². The number of nitrogens with two attached hydrogens (primary N) is 1. The highest BCUT2D eigenvalue weighted by atomic mass is 35.5. The largest absolute Gasteiger partial charge is 0.489 e. The van der Waals surface area contributed by atoms with E-state index in [2.05, 4.69) is 13.0 Å². The number of rotatable bonds is 16. The number of ether oxygens (including phenoxy) is 4. The van der Waals surface area contributed by atoms with Crippen molar-refractivity contribution in [3.8, 4) is 23.0 Å². The van der Waals surface area contributed by atoms with Gasteiger partial charge in [-0.1, -0.05) is 72.1 Å². The van der Waals surface area contributed by atoms with E-state index in [4.69, 9.17) is 81.1 Å². The van der Waals surface area contributed by atoms with Gasteiger partial charge in [0.2, 0.25) is 11.7 Å². The molecule has 4 aromatic rings. The zero-order valence-corrected chi connectivity index (χ0v) is 43.2. The van der Waals surface area contributed by atoms with Crippen LogP contribution >= 0.6 is 53.8 Å². The average molecular weight is 1090 g/mol. The van der Waals surface area contributed by atoms with E-state index in [1.54, 1.807) is 23.8 Å². The maximum Gasteiger partial charge on any atom is 0.416 e. The molecule has 1 heterocycles. The number of benzene rings is 4. The van der Waals surface area contributed by atoms with Gasteiger partial charge in [-0.3, -0.25) is 29.1 Å². The lowest BCUT2D eigenvalue weighted by atomic mass is 10.0. The lowest BCUT2D eigenvalue weighted by Gasteiger charge is -2.35. The molecule has 4 unspecified atom stereocenters. The van der Waals surface area contributed by atoms with E-state index in [0.29, 0.717) is 19.0 Å². The Morgan fingerprint density at radius 1 is 1.06 bits per heavy atom. The van der Waals surface area contributed by atoms with Crippen LogP contribution in [0, 0.1) is 17.0 Å². The van der Waals surface area contributed by atoms with Crippen molar-refractivity contribution in [3.63, 3.8) is 0 Å². The Labute approximate surface area is 424 Å². The minimum Gasteiger partial charge on any atom is -0.489 e. The van der Waals surface area contributed by atoms with Gasteiger partial charge < -0.3 is 44.5 Å². The van der Waals surface area contributed by atoms with Crippen LogP contribution in [-0.2, 0) is 36.3 Å². The molecule has 0 saturated carbocycles. The molecule has 0 bridgehead atoms. The van der Waals surface area contributed by atoms with E-state index >= 15 is 0 Å². The summed E-state index contributed by atoms with van der Waals surface area (Å²) >= 11 is 22.8. The normalized spacial score (nSPS) is 14.5. The van der Waals surface area contributed by atoms with E-state index in [0.717, 1.165) is 47.1 Å². The lowest BCUT2D eigenvalue weighted by molar-refractivity contribution is -0.385. The number of anilines is 2. The SMILES string of the molecule is CC1COc2ccccc2N1C(=O)C(Cl)Cl.CCOc1cc(Oc2ccc(C(F)(F)F)cc2Cl)ccc1[N+](=O)[O-].CCc1cccc(C)c1N(C(=O)CCl)C(C)COC.CP(=O)(O)CCC(N)C(=O)O. The van der Waals surface area contributed by atoms with E-state index in [-0.39, 0.29) is 76.9 Å². The molecule has 0 fully saturated rings. The summed E-state index contributed by atoms with van der Waals surface area (Å²) in [6.07, 6.45) is -3.64. The molecule has 1 aliphatic rings. The second kappa shape index (κ2) is 28.9. The van der Waals surface area contributed by atoms with Crippen LogP contribution in [0.15, 0.2) is 78.9 Å². The molecule has 4 aromatic carbocycles. The van der Waals surface area contributed by atoms with Gasteiger partial charge in [0.15, 0.2) is 12.2 Å². The van der Waals surface area contributed by atoms with Crippen molar-refractivity contribution >= 4 is 88.6 Å². The molecule has 24 heteroatoms. The van der Waals surface area contributed by atoms with Crippen molar-refractivity contribution in [2.75, 3.05) is 55.4 Å². The quantitative estimate of drug-likeness (QED) is 0.0412. The molecule has 5 rings (SSSR count). The van der Waals surface area contributed by atoms with Crippen molar-refractivity contribution in [1.29, 1.82) is 0 Å². The van der Waals surface area contributed by atoms with Gasteiger partial charge in [0.25, 0.3) is 5.91 Å². The van der Waals surface area contributed by atoms with Crippen LogP contribution in [0.1, 0.15) is 50.8 Å². The molecule has 70 heavy (non-hydrogen) atoms. The second-order valence-corrected chi connectivity index (χ2v) is 19.7. The van der Waals surface area contributed by atoms with Crippen LogP contribution in [0.25, 0.3) is 0 Å². The number of carboxylic acids is 1. The molecule has 4 N–H and O–H groups in total. The number of aryl methyl sites for hydroxylation is 2. The van der Waals surface area contributed by atoms with Gasteiger partial charge in [-0.2, -0.15) is 13.2 Å². The number of alkyl halides is 6. The number of aliphatic carboxylic acids is 1. The first-order valence-corrected chi connectivity index (χ1v) is 25.3. The Morgan fingerprint density at radius 2 is 1.71 bits per heavy atom. The topological polar surface area (TPSA) is 221 Å². The van der Waals surface area contributed by atoms with Gasteiger partial charge in [0, 0.05) is 32.1 Å². The molecule has 0 spiro atoms. The Hall–Kier alpha value is -4.85. The fourth-order valence-corrected chi connectivity index (χ4v) is 7.75. The summed E-state index contributed by atoms with van der Waals surface area (Å²) < 4.78 is 69.7. The fraction of sp³-hybridized carbons (Fsp3) is 0.413. The molecule has 0 saturated heterocycles. The zero-order valence-electron chi connectivity index (χ0n) is 39.3. The van der Waals surface area contributed by atoms with Crippen LogP contribution in [-0.4, -0.2) is 101 Å². The third-order valence-electron chi connectivity index (χ3n) is 9.73. The molecule has 1 aliphatic heterocycles. The van der Waals surface area contributed by atoms with Crippen molar-refractivity contribution in [1.82, 2.24) is 0 Å². The molecule has 2 amide bonds. The highest BCUT2D eigenvalue weighted by molar-refractivity contribution is 7.57. The third kappa shape index (κ3) is 19.1. The Bertz CT molecular complexity index is 2430. The zero-order chi connectivity index (χ0) is 53.1. The minimum absolute atomic E-state index is 0.0111. The van der Waals surface area contributed by atoms with Crippen LogP contribution in [0.2, 0.25) is 5.02 Å². The minimum atomic E-state index is -4.52. The third-order valence-corrected chi connectivity index (χ3v) is 11.7. The molecule has 386 valence electrons. The van der Waals surface area contributed by atoms with Crippen molar-refractivity contribution in [2.24, 2.45) is 5.73 Å². The number of nitro groups is 1. The number of para-hydroxylation sites is 3. The van der Waals surface area contributed by atoms with E-state index in [1.165, 1.54) is 24.9 Å². The number of methoxy groups -OCH3 is 1. The molecule has 0 aliphatic carbocycles. The Balaban J connectivity index is 0.000000331. The smallest absolute Gasteiger partial charge is 0.416 e. The monoisotopic (exact) mass is 1080 g/mol. The summed E-state index contributed by atoms with van der Waals surface area (Å²) in [5.41, 5.74) is 7.87. The lowest BCUT2D eigenvalue weighted by Crippen LogP contribution is -2.47. The number of nitro benzene ring substituents is 1. The first kappa shape index (κ1) is 61.3. The number of nitrogens with zero attached hydrogens (tertiary/aromatic N) is 3. The summed E-state index contributed by atoms with van der Waals surface area (Å²) in [6.45, 7) is 11.9. The van der Waals surface area contributed by atoms with E-state index in [9.17, 15) is 42.2 Å². The number of fused-ring (bicyclic) bond motifs is 1. The second-order valence-electron chi connectivity index (χ2n) is 15.3. The van der Waals surface area contributed by atoms with Crippen LogP contribution in [0.5, 0.6) is 23.0 Å². The number of hydrogen-bond acceptors (Lipinski definition) is 11. The predicted molar refractivity (Wildman–Crippen MR) is 266 cm³/mol. The van der Waals surface area contributed by atoms with Crippen molar-refractivity contribution in [2.45, 2.75) is 76.6 Å². The predicted octanol–water partition coefficient (Wildman–Crippen LogP) is 10.9. The van der Waals surface area contributed by atoms with Gasteiger partial charge in [-0.05, 0) is 88.1 Å². The van der Waals surface area contributed by atoms with Gasteiger partial charge in [-0.25, -0.2) is 0 Å². The maximum absolute atomic E-state index is 12.6. The Morgan fingerprint density at radius 3 is 2.24 bits per heavy atom. The van der Waals surface area contributed by atoms with Crippen LogP contribution < -0.4 is 29.7 Å². The molecule has 4 atom stereocenters. The van der Waals surface area contributed by atoms with Crippen LogP contribution in [0.3, 0.4) is 0 Å². The number of amides is 2. The summed E-state index contributed by atoms with van der Waals surface area (Å²) in [5, 5.41) is 19.0. The average Bonchev–Trinajstić information content (AvgIpc) is 3.29.